The molecule has 0 aliphatic carbocycles. The third kappa shape index (κ3) is 35.3. The van der Waals surface area contributed by atoms with Crippen LogP contribution in [0.3, 0.4) is 0 Å². The topological polar surface area (TPSA) is 120 Å². The van der Waals surface area contributed by atoms with Crippen LogP contribution >= 0.6 is 35.0 Å². The smallest absolute Gasteiger partial charge is 0.270 e. The molecule has 0 spiro atoms. The summed E-state index contributed by atoms with van der Waals surface area (Å²) >= 11 is 12.9. The SMILES string of the molecule is CCc1ccc(C)cc1C.COc1ccc(C)cc1F.Cc1cc(Cl)c(O)c(Cl)c1.Cc1ccc(C)c(C)c1.Cc1ccc(CO)c(C)c1.Cc1ccc(Cc2ccc(C)cc2)cc1.Cc1ccccc1C#N.Cc1ccccc1C(C)(F)F.Cc1ccccc1CO.Cc1ccccc1Sc1ccccc1N. The maximum absolute atomic E-state index is 12.7. The summed E-state index contributed by atoms with van der Waals surface area (Å²) in [6.45, 7) is 33.8. The summed E-state index contributed by atoms with van der Waals surface area (Å²) in [7, 11) is 1.45. The lowest BCUT2D eigenvalue weighted by Crippen LogP contribution is -2.08. The lowest BCUT2D eigenvalue weighted by Gasteiger charge is -2.12. The number of alkyl halides is 2. The highest BCUT2D eigenvalue weighted by molar-refractivity contribution is 7.99. The summed E-state index contributed by atoms with van der Waals surface area (Å²) in [5.74, 6) is -2.77. The summed E-state index contributed by atoms with van der Waals surface area (Å²) in [6, 6.07) is 85.1. The molecule has 0 bridgehead atoms. The Morgan fingerprint density at radius 1 is 0.426 bits per heavy atom. The second-order valence-electron chi connectivity index (χ2n) is 26.4. The molecule has 0 aliphatic rings. The van der Waals surface area contributed by atoms with E-state index >= 15 is 0 Å². The van der Waals surface area contributed by atoms with Crippen molar-refractivity contribution in [1.82, 2.24) is 0 Å². The van der Waals surface area contributed by atoms with Gasteiger partial charge in [0.1, 0.15) is 0 Å². The summed E-state index contributed by atoms with van der Waals surface area (Å²) in [4.78, 5) is 2.38. The molecule has 12 heteroatoms. The van der Waals surface area contributed by atoms with Crippen molar-refractivity contribution >= 4 is 40.7 Å². The predicted octanol–water partition coefficient (Wildman–Crippen LogP) is 26.5. The van der Waals surface area contributed by atoms with Crippen LogP contribution in [0.15, 0.2) is 265 Å². The van der Waals surface area contributed by atoms with E-state index in [0.717, 1.165) is 69.3 Å². The molecule has 0 radical (unpaired) electrons. The Balaban J connectivity index is 0.000000313. The first-order chi connectivity index (χ1) is 51.2. The number of hydrogen-bond acceptors (Lipinski definition) is 7. The minimum atomic E-state index is -2.72. The number of halogens is 5. The number of nitrogens with two attached hydrogens (primary N) is 1. The summed E-state index contributed by atoms with van der Waals surface area (Å²) < 4.78 is 42.9. The van der Waals surface area contributed by atoms with Gasteiger partial charge in [0.15, 0.2) is 17.3 Å². The van der Waals surface area contributed by atoms with Crippen LogP contribution < -0.4 is 10.5 Å². The lowest BCUT2D eigenvalue weighted by atomic mass is 10.0. The van der Waals surface area contributed by atoms with Crippen molar-refractivity contribution in [3.05, 3.63) is 393 Å². The fourth-order valence-electron chi connectivity index (χ4n) is 10.2. The maximum atomic E-state index is 12.7. The fourth-order valence-corrected chi connectivity index (χ4v) is 11.7. The maximum Gasteiger partial charge on any atom is 0.270 e. The first-order valence-electron chi connectivity index (χ1n) is 35.7. The number of nitrogens with zero attached hydrogens (tertiary/aromatic N) is 1. The molecule has 568 valence electrons. The van der Waals surface area contributed by atoms with Crippen molar-refractivity contribution in [3.63, 3.8) is 0 Å². The molecule has 108 heavy (non-hydrogen) atoms. The molecule has 12 aromatic carbocycles. The van der Waals surface area contributed by atoms with Gasteiger partial charge in [-0.1, -0.05) is 276 Å². The standard InChI is InChI=1S/C15H16.C13H13NS.C10H14.C9H10F2.C9H12O.C9H12.C8H9FO.C8H7N.C8H10O.C7H6Cl2O/c1-12-3-7-14(8-4-12)11-15-9-5-13(2)6-10-15;1-10-6-2-4-8-12(10)15-13-9-5-3-7-11(13)14;1-4-10-6-5-8(2)7-9(10)3;1-7-5-3-4-6-8(7)9(2,10)11;1-7-3-4-9(6-10)8(2)5-7;1-7-4-5-8(2)9(3)6-7;1-6-3-4-8(10-2)7(9)5-6;2*1-7-4-2-3-5-8(7)6-9;1-4-2-5(8)7(10)6(9)3-4/h3-10H,11H2,1-2H3;2-9H,14H2,1H3;5-7H,4H2,1-3H3;3-6H,1-2H3;3-5,10H,6H2,1-2H3;4-6H,1-3H3;3-5H,1-2H3;2-5H,1H3;2-5,9H,6H2,1H3;2-3,10H,1H3. The van der Waals surface area contributed by atoms with Crippen molar-refractivity contribution in [3.8, 4) is 17.6 Å². The number of aromatic hydroxyl groups is 1. The highest BCUT2D eigenvalue weighted by Gasteiger charge is 2.25. The van der Waals surface area contributed by atoms with Gasteiger partial charge in [0.2, 0.25) is 0 Å². The zero-order valence-corrected chi connectivity index (χ0v) is 68.5. The normalized spacial score (nSPS) is 9.96. The summed E-state index contributed by atoms with van der Waals surface area (Å²) in [5, 5.41) is 35.7. The van der Waals surface area contributed by atoms with Gasteiger partial charge in [-0.15, -0.1) is 0 Å². The van der Waals surface area contributed by atoms with Gasteiger partial charge in [-0.25, -0.2) is 13.2 Å². The Labute approximate surface area is 657 Å². The molecule has 0 atom stereocenters. The van der Waals surface area contributed by atoms with Gasteiger partial charge in [0, 0.05) is 28.0 Å². The lowest BCUT2D eigenvalue weighted by molar-refractivity contribution is 0.0168. The molecular weight excluding hydrogens is 1410 g/mol. The van der Waals surface area contributed by atoms with Crippen molar-refractivity contribution in [2.75, 3.05) is 12.8 Å². The van der Waals surface area contributed by atoms with Gasteiger partial charge in [0.25, 0.3) is 5.92 Å². The highest BCUT2D eigenvalue weighted by Crippen LogP contribution is 2.34. The average Bonchev–Trinajstić information content (AvgIpc) is 0.853. The van der Waals surface area contributed by atoms with Crippen LogP contribution in [0.4, 0.5) is 18.9 Å². The van der Waals surface area contributed by atoms with E-state index in [1.807, 2.05) is 139 Å². The number of rotatable bonds is 9. The van der Waals surface area contributed by atoms with Crippen LogP contribution in [-0.4, -0.2) is 22.4 Å². The van der Waals surface area contributed by atoms with Crippen molar-refractivity contribution < 1.29 is 33.2 Å². The second-order valence-corrected chi connectivity index (χ2v) is 28.3. The number of phenolic OH excluding ortho intramolecular Hbond substituents is 1. The van der Waals surface area contributed by atoms with Crippen LogP contribution in [0.1, 0.15) is 136 Å². The molecule has 12 rings (SSSR count). The van der Waals surface area contributed by atoms with E-state index in [4.69, 9.17) is 54.3 Å². The van der Waals surface area contributed by atoms with Crippen molar-refractivity contribution in [2.45, 2.75) is 159 Å². The molecule has 6 nitrogen and oxygen atoms in total. The van der Waals surface area contributed by atoms with Crippen LogP contribution in [0, 0.1) is 121 Å². The molecule has 0 saturated carbocycles. The number of aliphatic hydroxyl groups is 2. The average molecular weight is 1510 g/mol. The molecule has 12 aromatic rings. The Kier molecular flexibility index (Phi) is 42.1. The van der Waals surface area contributed by atoms with E-state index in [1.54, 1.807) is 55.1 Å². The van der Waals surface area contributed by atoms with Crippen molar-refractivity contribution in [2.24, 2.45) is 0 Å². The predicted molar refractivity (Wildman–Crippen MR) is 453 cm³/mol. The number of phenols is 1. The number of aryl methyl sites for hydroxylation is 16. The number of methoxy groups -OCH3 is 1. The second kappa shape index (κ2) is 49.2. The summed E-state index contributed by atoms with van der Waals surface area (Å²) in [6.07, 6.45) is 2.17. The molecular formula is C96H109Cl2F3N2O4S. The third-order valence-corrected chi connectivity index (χ3v) is 18.7. The number of benzene rings is 12. The van der Waals surface area contributed by atoms with E-state index in [9.17, 15) is 13.2 Å². The third-order valence-electron chi connectivity index (χ3n) is 16.9. The Bertz CT molecular complexity index is 4460. The van der Waals surface area contributed by atoms with Crippen LogP contribution in [-0.2, 0) is 32.0 Å². The zero-order valence-electron chi connectivity index (χ0n) is 66.1. The number of para-hydroxylation sites is 1. The van der Waals surface area contributed by atoms with Crippen LogP contribution in [0.2, 0.25) is 10.0 Å². The quantitative estimate of drug-likeness (QED) is 0.106. The molecule has 0 aromatic heterocycles. The van der Waals surface area contributed by atoms with Gasteiger partial charge in [-0.2, -0.15) is 5.26 Å². The number of aliphatic hydroxyl groups excluding tert-OH is 2. The number of hydrogen-bond donors (Lipinski definition) is 4. The first kappa shape index (κ1) is 92.4. The minimum absolute atomic E-state index is 0.0473. The molecule has 5 N–H and O–H groups in total. The van der Waals surface area contributed by atoms with Gasteiger partial charge >= 0.3 is 0 Å². The first-order valence-corrected chi connectivity index (χ1v) is 37.3. The van der Waals surface area contributed by atoms with Gasteiger partial charge in [-0.3, -0.25) is 0 Å². The number of anilines is 1. The Morgan fingerprint density at radius 3 is 1.23 bits per heavy atom. The van der Waals surface area contributed by atoms with E-state index < -0.39 is 5.92 Å². The summed E-state index contributed by atoms with van der Waals surface area (Å²) in [5.41, 5.74) is 31.8. The minimum Gasteiger partial charge on any atom is -0.505 e. The molecule has 0 aliphatic heterocycles. The monoisotopic (exact) mass is 1510 g/mol. The van der Waals surface area contributed by atoms with E-state index in [2.05, 4.69) is 178 Å². The van der Waals surface area contributed by atoms with Gasteiger partial charge in [0.05, 0.1) is 42.0 Å². The molecule has 0 amide bonds. The Hall–Kier alpha value is -9.83. The number of nitrogen functional groups attached to an aromatic ring is 1. The van der Waals surface area contributed by atoms with Gasteiger partial charge < -0.3 is 25.8 Å². The van der Waals surface area contributed by atoms with Crippen LogP contribution in [0.25, 0.3) is 0 Å². The van der Waals surface area contributed by atoms with Crippen LogP contribution in [0.5, 0.6) is 11.5 Å². The molecule has 0 unspecified atom stereocenters. The molecule has 0 saturated heterocycles. The van der Waals surface area contributed by atoms with E-state index in [-0.39, 0.29) is 30.3 Å². The highest BCUT2D eigenvalue weighted by atomic mass is 35.5. The zero-order chi connectivity index (χ0) is 80.5. The molecule has 0 heterocycles. The van der Waals surface area contributed by atoms with E-state index in [0.29, 0.717) is 21.4 Å². The fraction of sp³-hybridized carbons (Fsp3) is 0.240. The largest absolute Gasteiger partial charge is 0.505 e. The Morgan fingerprint density at radius 2 is 0.833 bits per heavy atom. The number of nitriles is 1. The van der Waals surface area contributed by atoms with Crippen molar-refractivity contribution in [1.29, 1.82) is 5.26 Å². The van der Waals surface area contributed by atoms with Gasteiger partial charge in [-0.05, 0) is 249 Å². The van der Waals surface area contributed by atoms with E-state index in [1.165, 1.54) is 96.5 Å². The number of ether oxygens (including phenoxy) is 1. The molecule has 0 fully saturated rings.